The third-order valence-corrected chi connectivity index (χ3v) is 7.16. The Morgan fingerprint density at radius 2 is 1.81 bits per heavy atom. The Morgan fingerprint density at radius 1 is 1.15 bits per heavy atom. The molecule has 3 rings (SSSR count). The maximum atomic E-state index is 13.4. The van der Waals surface area contributed by atoms with E-state index in [9.17, 15) is 8.42 Å². The molecule has 0 aliphatic carbocycles. The normalized spacial score (nSPS) is 20.3. The van der Waals surface area contributed by atoms with Gasteiger partial charge in [-0.15, -0.1) is 12.4 Å². The number of nitrogens with two attached hydrogens (primary N) is 1. The van der Waals surface area contributed by atoms with E-state index in [1.165, 1.54) is 7.11 Å². The molecule has 1 heterocycles. The lowest BCUT2D eigenvalue weighted by atomic mass is 9.89. The molecule has 1 aliphatic heterocycles. The number of hydrogen-bond donors (Lipinski definition) is 1. The number of sulfonamides is 1. The predicted octanol–water partition coefficient (Wildman–Crippen LogP) is 3.10. The van der Waals surface area contributed by atoms with Gasteiger partial charge in [-0.3, -0.25) is 0 Å². The molecule has 2 aromatic carbocycles. The van der Waals surface area contributed by atoms with Crippen molar-refractivity contribution in [3.05, 3.63) is 59.2 Å². The molecule has 1 saturated heterocycles. The van der Waals surface area contributed by atoms with Gasteiger partial charge in [0.05, 0.1) is 7.11 Å². The van der Waals surface area contributed by atoms with Crippen molar-refractivity contribution in [2.24, 2.45) is 11.7 Å². The van der Waals surface area contributed by atoms with Crippen LogP contribution in [0.1, 0.15) is 22.6 Å². The second kappa shape index (κ2) is 8.61. The molecule has 0 spiro atoms. The third kappa shape index (κ3) is 4.14. The van der Waals surface area contributed by atoms with Gasteiger partial charge < -0.3 is 10.5 Å². The molecule has 0 amide bonds. The number of ether oxygens (including phenoxy) is 1. The Bertz CT molecular complexity index is 888. The second-order valence-electron chi connectivity index (χ2n) is 6.95. The Morgan fingerprint density at radius 3 is 2.41 bits per heavy atom. The van der Waals surface area contributed by atoms with Gasteiger partial charge in [0.2, 0.25) is 10.0 Å². The zero-order valence-electron chi connectivity index (χ0n) is 15.9. The van der Waals surface area contributed by atoms with Crippen molar-refractivity contribution in [1.29, 1.82) is 0 Å². The zero-order valence-corrected chi connectivity index (χ0v) is 17.5. The third-order valence-electron chi connectivity index (χ3n) is 5.14. The number of aryl methyl sites for hydroxylation is 2. The molecule has 0 bridgehead atoms. The average Bonchev–Trinajstić information content (AvgIpc) is 3.06. The van der Waals surface area contributed by atoms with E-state index < -0.39 is 10.0 Å². The lowest BCUT2D eigenvalue weighted by Crippen LogP contribution is -2.30. The van der Waals surface area contributed by atoms with Crippen LogP contribution in [0.5, 0.6) is 5.75 Å². The van der Waals surface area contributed by atoms with Gasteiger partial charge in [0, 0.05) is 19.0 Å². The fourth-order valence-electron chi connectivity index (χ4n) is 3.87. The first kappa shape index (κ1) is 21.7. The molecule has 1 aliphatic rings. The van der Waals surface area contributed by atoms with Crippen LogP contribution < -0.4 is 10.5 Å². The van der Waals surface area contributed by atoms with Gasteiger partial charge >= 0.3 is 0 Å². The summed E-state index contributed by atoms with van der Waals surface area (Å²) in [5.41, 5.74) is 8.77. The quantitative estimate of drug-likeness (QED) is 0.822. The van der Waals surface area contributed by atoms with Crippen LogP contribution in [0.15, 0.2) is 47.4 Å². The van der Waals surface area contributed by atoms with Crippen molar-refractivity contribution in [2.45, 2.75) is 24.7 Å². The molecule has 1 fully saturated rings. The molecule has 2 N–H and O–H groups in total. The standard InChI is InChI=1S/C20H26N2O3S.ClH/c1-14-9-15(2)20(19(10-14)25-3)26(23,24)22-12-17(11-21)18(13-22)16-7-5-4-6-8-16;/h4-10,17-18H,11-13,21H2,1-3H3;1H/t17-,18+;/m1./s1. The van der Waals surface area contributed by atoms with E-state index in [0.29, 0.717) is 30.9 Å². The molecule has 2 aromatic rings. The number of hydrogen-bond acceptors (Lipinski definition) is 4. The van der Waals surface area contributed by atoms with Gasteiger partial charge in [-0.25, -0.2) is 8.42 Å². The summed E-state index contributed by atoms with van der Waals surface area (Å²) in [6, 6.07) is 13.7. The summed E-state index contributed by atoms with van der Waals surface area (Å²) >= 11 is 0. The van der Waals surface area contributed by atoms with Crippen molar-refractivity contribution >= 4 is 22.4 Å². The number of nitrogens with zero attached hydrogens (tertiary/aromatic N) is 1. The van der Waals surface area contributed by atoms with Crippen molar-refractivity contribution in [3.8, 4) is 5.75 Å². The Labute approximate surface area is 168 Å². The van der Waals surface area contributed by atoms with Gasteiger partial charge in [0.1, 0.15) is 10.6 Å². The summed E-state index contributed by atoms with van der Waals surface area (Å²) in [5, 5.41) is 0. The maximum Gasteiger partial charge on any atom is 0.247 e. The molecule has 5 nitrogen and oxygen atoms in total. The van der Waals surface area contributed by atoms with Gasteiger partial charge in [0.15, 0.2) is 0 Å². The first-order chi connectivity index (χ1) is 12.4. The average molecular weight is 411 g/mol. The van der Waals surface area contributed by atoms with E-state index in [1.54, 1.807) is 10.4 Å². The van der Waals surface area contributed by atoms with Crippen LogP contribution in [0.3, 0.4) is 0 Å². The first-order valence-electron chi connectivity index (χ1n) is 8.79. The smallest absolute Gasteiger partial charge is 0.247 e. The van der Waals surface area contributed by atoms with E-state index in [0.717, 1.165) is 11.1 Å². The SMILES string of the molecule is COc1cc(C)cc(C)c1S(=O)(=O)N1C[C@@H](CN)[C@H](c2ccccc2)C1.Cl. The Hall–Kier alpha value is -1.60. The maximum absolute atomic E-state index is 13.4. The van der Waals surface area contributed by atoms with Crippen molar-refractivity contribution < 1.29 is 13.2 Å². The van der Waals surface area contributed by atoms with E-state index in [4.69, 9.17) is 10.5 Å². The van der Waals surface area contributed by atoms with Crippen LogP contribution >= 0.6 is 12.4 Å². The number of methoxy groups -OCH3 is 1. The molecule has 0 saturated carbocycles. The van der Waals surface area contributed by atoms with Crippen LogP contribution in [-0.4, -0.2) is 39.5 Å². The van der Waals surface area contributed by atoms with E-state index in [2.05, 4.69) is 0 Å². The molecule has 0 radical (unpaired) electrons. The number of halogens is 1. The Balaban J connectivity index is 0.00000261. The first-order valence-corrected chi connectivity index (χ1v) is 10.2. The van der Waals surface area contributed by atoms with Crippen molar-refractivity contribution in [1.82, 2.24) is 4.31 Å². The molecule has 148 valence electrons. The van der Waals surface area contributed by atoms with Gasteiger partial charge in [-0.1, -0.05) is 36.4 Å². The van der Waals surface area contributed by atoms with Crippen LogP contribution in [0.25, 0.3) is 0 Å². The summed E-state index contributed by atoms with van der Waals surface area (Å²) in [4.78, 5) is 0.259. The highest BCUT2D eigenvalue weighted by Crippen LogP contribution is 2.38. The highest BCUT2D eigenvalue weighted by Gasteiger charge is 2.40. The summed E-state index contributed by atoms with van der Waals surface area (Å²) in [7, 11) is -2.15. The van der Waals surface area contributed by atoms with Crippen molar-refractivity contribution in [2.75, 3.05) is 26.7 Å². The molecular weight excluding hydrogens is 384 g/mol. The van der Waals surface area contributed by atoms with Crippen LogP contribution in [0.4, 0.5) is 0 Å². The minimum atomic E-state index is -3.66. The highest BCUT2D eigenvalue weighted by atomic mass is 35.5. The van der Waals surface area contributed by atoms with Gasteiger partial charge in [-0.2, -0.15) is 4.31 Å². The lowest BCUT2D eigenvalue weighted by Gasteiger charge is -2.20. The predicted molar refractivity (Wildman–Crippen MR) is 110 cm³/mol. The van der Waals surface area contributed by atoms with Gasteiger partial charge in [-0.05, 0) is 49.1 Å². The fourth-order valence-corrected chi connectivity index (χ4v) is 5.74. The molecule has 2 atom stereocenters. The number of rotatable bonds is 5. The zero-order chi connectivity index (χ0) is 18.9. The summed E-state index contributed by atoms with van der Waals surface area (Å²) in [6.07, 6.45) is 0. The monoisotopic (exact) mass is 410 g/mol. The van der Waals surface area contributed by atoms with Crippen molar-refractivity contribution in [3.63, 3.8) is 0 Å². The van der Waals surface area contributed by atoms with Gasteiger partial charge in [0.25, 0.3) is 0 Å². The molecule has 7 heteroatoms. The molecule has 0 aromatic heterocycles. The number of benzene rings is 2. The summed E-state index contributed by atoms with van der Waals surface area (Å²) in [6.45, 7) is 5.06. The topological polar surface area (TPSA) is 72.6 Å². The van der Waals surface area contributed by atoms with Crippen LogP contribution in [-0.2, 0) is 10.0 Å². The lowest BCUT2D eigenvalue weighted by molar-refractivity contribution is 0.396. The summed E-state index contributed by atoms with van der Waals surface area (Å²) < 4.78 is 33.7. The minimum absolute atomic E-state index is 0. The minimum Gasteiger partial charge on any atom is -0.495 e. The largest absolute Gasteiger partial charge is 0.495 e. The fraction of sp³-hybridized carbons (Fsp3) is 0.400. The summed E-state index contributed by atoms with van der Waals surface area (Å²) in [5.74, 6) is 0.603. The molecule has 0 unspecified atom stereocenters. The molecular formula is C20H27ClN2O3S. The van der Waals surface area contributed by atoms with E-state index >= 15 is 0 Å². The molecule has 27 heavy (non-hydrogen) atoms. The van der Waals surface area contributed by atoms with E-state index in [1.807, 2.05) is 50.2 Å². The van der Waals surface area contributed by atoms with Crippen LogP contribution in [0, 0.1) is 19.8 Å². The second-order valence-corrected chi connectivity index (χ2v) is 8.82. The Kier molecular flexibility index (Phi) is 6.92. The van der Waals surface area contributed by atoms with E-state index in [-0.39, 0.29) is 29.1 Å². The van der Waals surface area contributed by atoms with Crippen LogP contribution in [0.2, 0.25) is 0 Å². The highest BCUT2D eigenvalue weighted by molar-refractivity contribution is 7.89.